The molecule has 128 valence electrons. The molecule has 5 heteroatoms. The Balaban J connectivity index is 2.58. The van der Waals surface area contributed by atoms with Crippen LogP contribution in [0.1, 0.15) is 33.1 Å². The molecule has 0 bridgehead atoms. The van der Waals surface area contributed by atoms with Crippen LogP contribution in [0.5, 0.6) is 5.75 Å². The Bertz CT molecular complexity index is 475. The summed E-state index contributed by atoms with van der Waals surface area (Å²) >= 11 is 0. The van der Waals surface area contributed by atoms with Crippen molar-refractivity contribution < 1.29 is 19.1 Å². The van der Waals surface area contributed by atoms with Gasteiger partial charge in [-0.15, -0.1) is 0 Å². The number of carbonyl (C=O) groups excluding carboxylic acids is 2. The highest BCUT2D eigenvalue weighted by molar-refractivity contribution is 5.79. The van der Waals surface area contributed by atoms with E-state index in [2.05, 4.69) is 6.92 Å². The average Bonchev–Trinajstić information content (AvgIpc) is 2.58. The third-order valence-corrected chi connectivity index (χ3v) is 3.59. The third kappa shape index (κ3) is 7.17. The average molecular weight is 321 g/mol. The Morgan fingerprint density at radius 3 is 2.48 bits per heavy atom. The van der Waals surface area contributed by atoms with Gasteiger partial charge in [0.1, 0.15) is 5.75 Å². The quantitative estimate of drug-likeness (QED) is 0.491. The van der Waals surface area contributed by atoms with Crippen molar-refractivity contribution >= 4 is 11.9 Å². The van der Waals surface area contributed by atoms with Gasteiger partial charge in [0, 0.05) is 13.1 Å². The number of rotatable bonds is 10. The van der Waals surface area contributed by atoms with E-state index in [1.165, 1.54) is 7.11 Å². The van der Waals surface area contributed by atoms with E-state index in [-0.39, 0.29) is 24.4 Å². The molecule has 23 heavy (non-hydrogen) atoms. The van der Waals surface area contributed by atoms with Crippen molar-refractivity contribution in [1.29, 1.82) is 0 Å². The lowest BCUT2D eigenvalue weighted by molar-refractivity contribution is -0.146. The number of ether oxygens (including phenoxy) is 2. The molecule has 0 aromatic heterocycles. The third-order valence-electron chi connectivity index (χ3n) is 3.59. The molecule has 0 aliphatic rings. The van der Waals surface area contributed by atoms with Gasteiger partial charge in [0.05, 0.1) is 13.0 Å². The lowest BCUT2D eigenvalue weighted by Gasteiger charge is -2.25. The standard InChI is InChI=1S/C18H27NO4/c1-4-5-9-12-19(13-15(2)18(21)22-3)17(20)14-23-16-10-7-6-8-11-16/h6-8,10-11,15H,4-5,9,12-14H2,1-3H3. The number of methoxy groups -OCH3 is 1. The first-order valence-electron chi connectivity index (χ1n) is 8.12. The number of carbonyl (C=O) groups is 2. The number of hydrogen-bond acceptors (Lipinski definition) is 4. The largest absolute Gasteiger partial charge is 0.484 e. The van der Waals surface area contributed by atoms with E-state index in [0.29, 0.717) is 18.8 Å². The van der Waals surface area contributed by atoms with Crippen molar-refractivity contribution in [1.82, 2.24) is 4.90 Å². The SMILES string of the molecule is CCCCCN(CC(C)C(=O)OC)C(=O)COc1ccccc1. The summed E-state index contributed by atoms with van der Waals surface area (Å²) in [5.41, 5.74) is 0. The van der Waals surface area contributed by atoms with Crippen LogP contribution in [0.25, 0.3) is 0 Å². The van der Waals surface area contributed by atoms with Crippen molar-refractivity contribution in [2.75, 3.05) is 26.8 Å². The van der Waals surface area contributed by atoms with Gasteiger partial charge in [-0.25, -0.2) is 0 Å². The van der Waals surface area contributed by atoms with E-state index in [9.17, 15) is 9.59 Å². The predicted octanol–water partition coefficient (Wildman–Crippen LogP) is 2.89. The van der Waals surface area contributed by atoms with Crippen LogP contribution in [0, 0.1) is 5.92 Å². The van der Waals surface area contributed by atoms with E-state index in [0.717, 1.165) is 19.3 Å². The fraction of sp³-hybridized carbons (Fsp3) is 0.556. The zero-order valence-corrected chi connectivity index (χ0v) is 14.3. The van der Waals surface area contributed by atoms with Gasteiger partial charge in [0.2, 0.25) is 0 Å². The van der Waals surface area contributed by atoms with Crippen molar-refractivity contribution in [3.8, 4) is 5.75 Å². The van der Waals surface area contributed by atoms with E-state index in [4.69, 9.17) is 9.47 Å². The Kier molecular flexibility index (Phi) is 8.80. The number of esters is 1. The number of benzene rings is 1. The predicted molar refractivity (Wildman–Crippen MR) is 89.2 cm³/mol. The molecule has 0 N–H and O–H groups in total. The molecule has 1 amide bonds. The van der Waals surface area contributed by atoms with E-state index in [1.807, 2.05) is 30.3 Å². The maximum atomic E-state index is 12.4. The molecule has 1 rings (SSSR count). The Morgan fingerprint density at radius 1 is 1.17 bits per heavy atom. The van der Waals surface area contributed by atoms with Gasteiger partial charge in [0.15, 0.2) is 6.61 Å². The van der Waals surface area contributed by atoms with E-state index in [1.54, 1.807) is 11.8 Å². The van der Waals surface area contributed by atoms with Crippen molar-refractivity contribution in [3.05, 3.63) is 30.3 Å². The van der Waals surface area contributed by atoms with Crippen molar-refractivity contribution in [2.45, 2.75) is 33.1 Å². The number of para-hydroxylation sites is 1. The second-order valence-corrected chi connectivity index (χ2v) is 5.57. The van der Waals surface area contributed by atoms with Crippen LogP contribution < -0.4 is 4.74 Å². The highest BCUT2D eigenvalue weighted by Gasteiger charge is 2.21. The van der Waals surface area contributed by atoms with Crippen LogP contribution in [-0.2, 0) is 14.3 Å². The first kappa shape index (κ1) is 19.0. The highest BCUT2D eigenvalue weighted by Crippen LogP contribution is 2.10. The fourth-order valence-corrected chi connectivity index (χ4v) is 2.23. The minimum atomic E-state index is -0.345. The number of hydrogen-bond donors (Lipinski definition) is 0. The van der Waals surface area contributed by atoms with Crippen LogP contribution in [0.3, 0.4) is 0 Å². The number of nitrogens with zero attached hydrogens (tertiary/aromatic N) is 1. The summed E-state index contributed by atoms with van der Waals surface area (Å²) < 4.78 is 10.3. The first-order valence-corrected chi connectivity index (χ1v) is 8.12. The van der Waals surface area contributed by atoms with Crippen molar-refractivity contribution in [3.63, 3.8) is 0 Å². The maximum absolute atomic E-state index is 12.4. The summed E-state index contributed by atoms with van der Waals surface area (Å²) in [5.74, 6) is -0.0966. The Hall–Kier alpha value is -2.04. The monoisotopic (exact) mass is 321 g/mol. The molecule has 0 aliphatic carbocycles. The van der Waals surface area contributed by atoms with Gasteiger partial charge < -0.3 is 14.4 Å². The van der Waals surface area contributed by atoms with Gasteiger partial charge in [-0.05, 0) is 18.6 Å². The van der Waals surface area contributed by atoms with Gasteiger partial charge in [0.25, 0.3) is 5.91 Å². The Morgan fingerprint density at radius 2 is 1.87 bits per heavy atom. The molecule has 0 fully saturated rings. The van der Waals surface area contributed by atoms with Crippen LogP contribution in [0.15, 0.2) is 30.3 Å². The molecule has 0 radical (unpaired) electrons. The lowest BCUT2D eigenvalue weighted by atomic mass is 10.1. The molecule has 0 aliphatic heterocycles. The molecule has 0 spiro atoms. The smallest absolute Gasteiger partial charge is 0.310 e. The second kappa shape index (κ2) is 10.6. The normalized spacial score (nSPS) is 11.6. The van der Waals surface area contributed by atoms with E-state index >= 15 is 0 Å². The summed E-state index contributed by atoms with van der Waals surface area (Å²) in [4.78, 5) is 25.7. The Labute approximate surface area is 138 Å². The van der Waals surface area contributed by atoms with Gasteiger partial charge in [-0.3, -0.25) is 9.59 Å². The summed E-state index contributed by atoms with van der Waals surface area (Å²) in [6.07, 6.45) is 3.05. The molecule has 1 unspecified atom stereocenters. The van der Waals surface area contributed by atoms with Gasteiger partial charge in [-0.1, -0.05) is 44.9 Å². The van der Waals surface area contributed by atoms with Gasteiger partial charge >= 0.3 is 5.97 Å². The summed E-state index contributed by atoms with van der Waals surface area (Å²) in [5, 5.41) is 0. The maximum Gasteiger partial charge on any atom is 0.310 e. The van der Waals surface area contributed by atoms with Gasteiger partial charge in [-0.2, -0.15) is 0 Å². The molecule has 5 nitrogen and oxygen atoms in total. The molecule has 0 saturated heterocycles. The van der Waals surface area contributed by atoms with Crippen LogP contribution >= 0.6 is 0 Å². The molecule has 0 saturated carbocycles. The van der Waals surface area contributed by atoms with Crippen LogP contribution in [0.4, 0.5) is 0 Å². The zero-order chi connectivity index (χ0) is 17.1. The molecule has 1 aromatic carbocycles. The molecule has 0 heterocycles. The second-order valence-electron chi connectivity index (χ2n) is 5.57. The highest BCUT2D eigenvalue weighted by atomic mass is 16.5. The number of unbranched alkanes of at least 4 members (excludes halogenated alkanes) is 2. The molecular formula is C18H27NO4. The lowest BCUT2D eigenvalue weighted by Crippen LogP contribution is -2.40. The molecular weight excluding hydrogens is 294 g/mol. The van der Waals surface area contributed by atoms with Crippen molar-refractivity contribution in [2.24, 2.45) is 5.92 Å². The minimum absolute atomic E-state index is 0.0238. The molecule has 1 atom stereocenters. The summed E-state index contributed by atoms with van der Waals surface area (Å²) in [6, 6.07) is 9.23. The minimum Gasteiger partial charge on any atom is -0.484 e. The zero-order valence-electron chi connectivity index (χ0n) is 14.3. The number of amides is 1. The topological polar surface area (TPSA) is 55.8 Å². The fourth-order valence-electron chi connectivity index (χ4n) is 2.23. The van der Waals surface area contributed by atoms with Crippen LogP contribution in [-0.4, -0.2) is 43.6 Å². The summed E-state index contributed by atoms with van der Waals surface area (Å²) in [6.45, 7) is 4.84. The first-order chi connectivity index (χ1) is 11.1. The van der Waals surface area contributed by atoms with E-state index < -0.39 is 0 Å². The summed E-state index contributed by atoms with van der Waals surface area (Å²) in [7, 11) is 1.36. The van der Waals surface area contributed by atoms with Crippen LogP contribution in [0.2, 0.25) is 0 Å². The molecule has 1 aromatic rings.